The second-order valence-corrected chi connectivity index (χ2v) is 3.15. The molecule has 1 saturated heterocycles. The molecular formula is C8H16N2. The zero-order valence-electron chi connectivity index (χ0n) is 6.56. The molecule has 1 aliphatic rings. The van der Waals surface area contributed by atoms with E-state index in [1.807, 2.05) is 0 Å². The van der Waals surface area contributed by atoms with E-state index in [0.29, 0.717) is 11.8 Å². The largest absolute Gasteiger partial charge is 0.402 e. The number of nitrogens with one attached hydrogen (secondary N) is 1. The van der Waals surface area contributed by atoms with Gasteiger partial charge < -0.3 is 11.1 Å². The molecule has 0 unspecified atom stereocenters. The van der Waals surface area contributed by atoms with Crippen molar-refractivity contribution in [2.45, 2.75) is 13.3 Å². The molecule has 0 aromatic rings. The Morgan fingerprint density at radius 1 is 1.70 bits per heavy atom. The van der Waals surface area contributed by atoms with Gasteiger partial charge in [-0.1, -0.05) is 13.5 Å². The fourth-order valence-electron chi connectivity index (χ4n) is 1.49. The van der Waals surface area contributed by atoms with Crippen LogP contribution in [-0.2, 0) is 0 Å². The fourth-order valence-corrected chi connectivity index (χ4v) is 1.49. The van der Waals surface area contributed by atoms with E-state index in [4.69, 9.17) is 5.73 Å². The van der Waals surface area contributed by atoms with Crippen molar-refractivity contribution in [1.29, 1.82) is 0 Å². The number of piperidine rings is 1. The number of rotatable bonds is 1. The minimum Gasteiger partial charge on any atom is -0.402 e. The summed E-state index contributed by atoms with van der Waals surface area (Å²) in [6, 6.07) is 0. The lowest BCUT2D eigenvalue weighted by Crippen LogP contribution is -2.37. The minimum atomic E-state index is 0.494. The van der Waals surface area contributed by atoms with Gasteiger partial charge in [0.2, 0.25) is 0 Å². The van der Waals surface area contributed by atoms with Crippen LogP contribution in [0.5, 0.6) is 0 Å². The quantitative estimate of drug-likeness (QED) is 0.563. The van der Waals surface area contributed by atoms with Crippen molar-refractivity contribution >= 4 is 0 Å². The fraction of sp³-hybridized carbons (Fsp3) is 0.750. The second-order valence-electron chi connectivity index (χ2n) is 3.15. The Morgan fingerprint density at radius 3 is 2.80 bits per heavy atom. The lowest BCUT2D eigenvalue weighted by Gasteiger charge is -2.29. The van der Waals surface area contributed by atoms with Gasteiger partial charge in [0.15, 0.2) is 0 Å². The highest BCUT2D eigenvalue weighted by atomic mass is 14.9. The lowest BCUT2D eigenvalue weighted by atomic mass is 9.86. The van der Waals surface area contributed by atoms with Crippen molar-refractivity contribution in [3.05, 3.63) is 12.3 Å². The zero-order chi connectivity index (χ0) is 7.56. The van der Waals surface area contributed by atoms with Crippen LogP contribution in [0.25, 0.3) is 0 Å². The van der Waals surface area contributed by atoms with Crippen molar-refractivity contribution in [2.75, 3.05) is 13.1 Å². The third-order valence-corrected chi connectivity index (χ3v) is 2.30. The van der Waals surface area contributed by atoms with Gasteiger partial charge in [-0.25, -0.2) is 0 Å². The lowest BCUT2D eigenvalue weighted by molar-refractivity contribution is 0.310. The molecule has 0 amide bonds. The number of hydrogen-bond acceptors (Lipinski definition) is 2. The first-order valence-electron chi connectivity index (χ1n) is 3.87. The second kappa shape index (κ2) is 3.06. The maximum atomic E-state index is 5.62. The topological polar surface area (TPSA) is 38.0 Å². The first-order valence-corrected chi connectivity index (χ1v) is 3.87. The van der Waals surface area contributed by atoms with Crippen LogP contribution in [0, 0.1) is 11.8 Å². The van der Waals surface area contributed by atoms with E-state index in [1.54, 1.807) is 0 Å². The molecule has 2 heteroatoms. The molecule has 0 spiro atoms. The van der Waals surface area contributed by atoms with Gasteiger partial charge in [0.05, 0.1) is 0 Å². The average Bonchev–Trinajstić information content (AvgIpc) is 1.88. The monoisotopic (exact) mass is 140 g/mol. The van der Waals surface area contributed by atoms with Gasteiger partial charge in [0.25, 0.3) is 0 Å². The summed E-state index contributed by atoms with van der Waals surface area (Å²) in [4.78, 5) is 0. The van der Waals surface area contributed by atoms with Crippen LogP contribution in [0.15, 0.2) is 12.3 Å². The zero-order valence-corrected chi connectivity index (χ0v) is 6.56. The van der Waals surface area contributed by atoms with E-state index in [1.165, 1.54) is 6.42 Å². The van der Waals surface area contributed by atoms with Gasteiger partial charge in [-0.3, -0.25) is 0 Å². The standard InChI is InChI=1S/C8H16N2/c1-6-3-4-10-5-8(6)7(2)9/h6,8,10H,2-5,9H2,1H3/t6-,8+/m1/s1. The van der Waals surface area contributed by atoms with Gasteiger partial charge in [0.1, 0.15) is 0 Å². The molecule has 1 rings (SSSR count). The molecule has 58 valence electrons. The molecule has 1 heterocycles. The summed E-state index contributed by atoms with van der Waals surface area (Å²) in [5, 5.41) is 3.31. The van der Waals surface area contributed by atoms with Gasteiger partial charge >= 0.3 is 0 Å². The molecule has 0 aromatic carbocycles. The highest BCUT2D eigenvalue weighted by molar-refractivity contribution is 4.99. The molecule has 0 saturated carbocycles. The maximum absolute atomic E-state index is 5.62. The van der Waals surface area contributed by atoms with Crippen LogP contribution in [0.4, 0.5) is 0 Å². The predicted molar refractivity (Wildman–Crippen MR) is 43.5 cm³/mol. The van der Waals surface area contributed by atoms with Crippen molar-refractivity contribution in [3.8, 4) is 0 Å². The predicted octanol–water partition coefficient (Wildman–Crippen LogP) is 0.704. The summed E-state index contributed by atoms with van der Waals surface area (Å²) >= 11 is 0. The molecule has 2 nitrogen and oxygen atoms in total. The van der Waals surface area contributed by atoms with Crippen LogP contribution >= 0.6 is 0 Å². The summed E-state index contributed by atoms with van der Waals surface area (Å²) in [7, 11) is 0. The molecule has 10 heavy (non-hydrogen) atoms. The Labute approximate surface area is 62.5 Å². The molecule has 0 aromatic heterocycles. The molecule has 3 N–H and O–H groups in total. The Bertz CT molecular complexity index is 131. The summed E-state index contributed by atoms with van der Waals surface area (Å²) in [6.07, 6.45) is 1.22. The van der Waals surface area contributed by atoms with Crippen molar-refractivity contribution in [3.63, 3.8) is 0 Å². The van der Waals surface area contributed by atoms with E-state index in [2.05, 4.69) is 18.8 Å². The minimum absolute atomic E-state index is 0.494. The van der Waals surface area contributed by atoms with Gasteiger partial charge in [-0.2, -0.15) is 0 Å². The average molecular weight is 140 g/mol. The van der Waals surface area contributed by atoms with Gasteiger partial charge in [-0.15, -0.1) is 0 Å². The van der Waals surface area contributed by atoms with Crippen LogP contribution < -0.4 is 11.1 Å². The van der Waals surface area contributed by atoms with Crippen LogP contribution in [0.3, 0.4) is 0 Å². The molecule has 0 bridgehead atoms. The first kappa shape index (κ1) is 7.61. The normalized spacial score (nSPS) is 33.7. The van der Waals surface area contributed by atoms with E-state index in [-0.39, 0.29) is 0 Å². The molecule has 0 radical (unpaired) electrons. The summed E-state index contributed by atoms with van der Waals surface area (Å²) in [6.45, 7) is 8.15. The van der Waals surface area contributed by atoms with E-state index < -0.39 is 0 Å². The Balaban J connectivity index is 2.47. The Morgan fingerprint density at radius 2 is 2.40 bits per heavy atom. The summed E-state index contributed by atoms with van der Waals surface area (Å²) < 4.78 is 0. The summed E-state index contributed by atoms with van der Waals surface area (Å²) in [5.41, 5.74) is 6.46. The molecular weight excluding hydrogens is 124 g/mol. The summed E-state index contributed by atoms with van der Waals surface area (Å²) in [5.74, 6) is 1.20. The van der Waals surface area contributed by atoms with E-state index in [9.17, 15) is 0 Å². The van der Waals surface area contributed by atoms with Crippen molar-refractivity contribution < 1.29 is 0 Å². The van der Waals surface area contributed by atoms with Crippen LogP contribution in [0.1, 0.15) is 13.3 Å². The van der Waals surface area contributed by atoms with Crippen molar-refractivity contribution in [2.24, 2.45) is 17.6 Å². The van der Waals surface area contributed by atoms with Crippen LogP contribution in [0.2, 0.25) is 0 Å². The third-order valence-electron chi connectivity index (χ3n) is 2.30. The highest BCUT2D eigenvalue weighted by Crippen LogP contribution is 2.21. The molecule has 1 aliphatic heterocycles. The van der Waals surface area contributed by atoms with Crippen molar-refractivity contribution in [1.82, 2.24) is 5.32 Å². The Hall–Kier alpha value is -0.500. The smallest absolute Gasteiger partial charge is 0.0129 e. The molecule has 0 aliphatic carbocycles. The number of hydrogen-bond donors (Lipinski definition) is 2. The molecule has 1 fully saturated rings. The van der Waals surface area contributed by atoms with E-state index >= 15 is 0 Å². The third kappa shape index (κ3) is 1.51. The maximum Gasteiger partial charge on any atom is 0.0129 e. The first-order chi connectivity index (χ1) is 4.72. The number of nitrogens with two attached hydrogens (primary N) is 1. The van der Waals surface area contributed by atoms with Gasteiger partial charge in [-0.05, 0) is 18.9 Å². The highest BCUT2D eigenvalue weighted by Gasteiger charge is 2.21. The SMILES string of the molecule is C=C(N)[C@H]1CNCC[C@H]1C. The van der Waals surface area contributed by atoms with E-state index in [0.717, 1.165) is 18.8 Å². The molecule has 2 atom stereocenters. The van der Waals surface area contributed by atoms with Gasteiger partial charge in [0, 0.05) is 18.2 Å². The van der Waals surface area contributed by atoms with Crippen LogP contribution in [-0.4, -0.2) is 13.1 Å². The Kier molecular flexibility index (Phi) is 2.33.